The Balaban J connectivity index is 2.03. The molecule has 0 atom stereocenters. The van der Waals surface area contributed by atoms with Gasteiger partial charge < -0.3 is 5.32 Å². The minimum Gasteiger partial charge on any atom is -0.308 e. The highest BCUT2D eigenvalue weighted by Gasteiger charge is 2.11. The molecular formula is C14H21N3S. The van der Waals surface area contributed by atoms with Crippen LogP contribution in [0.5, 0.6) is 0 Å². The van der Waals surface area contributed by atoms with E-state index in [2.05, 4.69) is 61.8 Å². The lowest BCUT2D eigenvalue weighted by molar-refractivity contribution is 0.423. The molecule has 2 heterocycles. The fourth-order valence-electron chi connectivity index (χ4n) is 1.74. The maximum Gasteiger partial charge on any atom is 0.0752 e. The highest BCUT2D eigenvalue weighted by atomic mass is 32.1. The van der Waals surface area contributed by atoms with Crippen molar-refractivity contribution in [3.63, 3.8) is 0 Å². The number of hydrogen-bond donors (Lipinski definition) is 1. The first-order valence-corrected chi connectivity index (χ1v) is 7.12. The first-order chi connectivity index (χ1) is 8.44. The van der Waals surface area contributed by atoms with Gasteiger partial charge in [0.25, 0.3) is 0 Å². The third-order valence-corrected chi connectivity index (χ3v) is 3.62. The topological polar surface area (TPSA) is 29.9 Å². The molecule has 0 fully saturated rings. The zero-order chi connectivity index (χ0) is 13.2. The third-order valence-electron chi connectivity index (χ3n) is 2.76. The van der Waals surface area contributed by atoms with Crippen LogP contribution in [0.1, 0.15) is 36.9 Å². The maximum absolute atomic E-state index is 4.57. The molecule has 0 aromatic carbocycles. The van der Waals surface area contributed by atoms with Gasteiger partial charge in [0.1, 0.15) is 0 Å². The molecular weight excluding hydrogens is 242 g/mol. The van der Waals surface area contributed by atoms with Crippen molar-refractivity contribution in [2.75, 3.05) is 0 Å². The molecule has 1 N–H and O–H groups in total. The largest absolute Gasteiger partial charge is 0.308 e. The predicted molar refractivity (Wildman–Crippen MR) is 77.0 cm³/mol. The molecule has 18 heavy (non-hydrogen) atoms. The van der Waals surface area contributed by atoms with Gasteiger partial charge in [0, 0.05) is 28.7 Å². The molecule has 0 aliphatic carbocycles. The Bertz CT molecular complexity index is 492. The van der Waals surface area contributed by atoms with Crippen LogP contribution in [0, 0.1) is 6.92 Å². The van der Waals surface area contributed by atoms with Gasteiger partial charge in [0.05, 0.1) is 12.2 Å². The Morgan fingerprint density at radius 2 is 2.17 bits per heavy atom. The molecule has 0 aliphatic heterocycles. The van der Waals surface area contributed by atoms with Gasteiger partial charge in [-0.05, 0) is 39.1 Å². The average Bonchev–Trinajstić information content (AvgIpc) is 2.85. The lowest BCUT2D eigenvalue weighted by Crippen LogP contribution is -2.35. The van der Waals surface area contributed by atoms with E-state index in [1.54, 1.807) is 11.3 Å². The third kappa shape index (κ3) is 3.68. The van der Waals surface area contributed by atoms with Crippen LogP contribution < -0.4 is 5.32 Å². The summed E-state index contributed by atoms with van der Waals surface area (Å²) < 4.78 is 2.03. The van der Waals surface area contributed by atoms with Crippen LogP contribution in [0.2, 0.25) is 0 Å². The number of aryl methyl sites for hydroxylation is 1. The van der Waals surface area contributed by atoms with Crippen molar-refractivity contribution in [1.82, 2.24) is 15.1 Å². The van der Waals surface area contributed by atoms with E-state index in [4.69, 9.17) is 0 Å². The molecule has 2 aromatic heterocycles. The first-order valence-electron chi connectivity index (χ1n) is 6.24. The predicted octanol–water partition coefficient (Wildman–Crippen LogP) is 3.19. The van der Waals surface area contributed by atoms with Gasteiger partial charge in [-0.1, -0.05) is 6.07 Å². The van der Waals surface area contributed by atoms with Crippen LogP contribution in [0.4, 0.5) is 0 Å². The second kappa shape index (κ2) is 5.24. The highest BCUT2D eigenvalue weighted by Crippen LogP contribution is 2.13. The fourth-order valence-corrected chi connectivity index (χ4v) is 2.43. The number of hydrogen-bond acceptors (Lipinski definition) is 3. The van der Waals surface area contributed by atoms with Crippen LogP contribution in [-0.4, -0.2) is 15.3 Å². The van der Waals surface area contributed by atoms with Crippen LogP contribution in [0.3, 0.4) is 0 Å². The molecule has 0 saturated carbocycles. The van der Waals surface area contributed by atoms with Gasteiger partial charge in [-0.25, -0.2) is 0 Å². The summed E-state index contributed by atoms with van der Waals surface area (Å²) in [7, 11) is 0. The van der Waals surface area contributed by atoms with E-state index < -0.39 is 0 Å². The number of nitrogens with zero attached hydrogens (tertiary/aromatic N) is 2. The van der Waals surface area contributed by atoms with Crippen molar-refractivity contribution in [1.29, 1.82) is 0 Å². The van der Waals surface area contributed by atoms with Crippen LogP contribution >= 0.6 is 11.3 Å². The van der Waals surface area contributed by atoms with Gasteiger partial charge in [-0.15, -0.1) is 11.3 Å². The van der Waals surface area contributed by atoms with Gasteiger partial charge in [0.15, 0.2) is 0 Å². The molecule has 0 radical (unpaired) electrons. The molecule has 2 rings (SSSR count). The Morgan fingerprint density at radius 3 is 2.78 bits per heavy atom. The maximum atomic E-state index is 4.57. The van der Waals surface area contributed by atoms with E-state index in [-0.39, 0.29) is 5.54 Å². The second-order valence-electron chi connectivity index (χ2n) is 5.62. The van der Waals surface area contributed by atoms with Crippen molar-refractivity contribution in [3.05, 3.63) is 39.8 Å². The minimum absolute atomic E-state index is 0.141. The molecule has 0 saturated heterocycles. The molecule has 0 bridgehead atoms. The van der Waals surface area contributed by atoms with Gasteiger partial charge in [0.2, 0.25) is 0 Å². The summed E-state index contributed by atoms with van der Waals surface area (Å²) in [6, 6.07) is 4.23. The van der Waals surface area contributed by atoms with Gasteiger partial charge in [-0.3, -0.25) is 4.68 Å². The summed E-state index contributed by atoms with van der Waals surface area (Å²) in [6.45, 7) is 10.4. The molecule has 4 heteroatoms. The Hall–Kier alpha value is -1.13. The zero-order valence-corrected chi connectivity index (χ0v) is 12.3. The van der Waals surface area contributed by atoms with Crippen molar-refractivity contribution >= 4 is 11.3 Å². The number of aromatic nitrogens is 2. The highest BCUT2D eigenvalue weighted by molar-refractivity contribution is 7.09. The standard InChI is InChI=1S/C14H21N3S/c1-11-12(8-15-14(2,3)4)9-17(16-11)10-13-6-5-7-18-13/h5-7,9,15H,8,10H2,1-4H3. The van der Waals surface area contributed by atoms with Crippen molar-refractivity contribution < 1.29 is 0 Å². The molecule has 0 unspecified atom stereocenters. The average molecular weight is 263 g/mol. The molecule has 3 nitrogen and oxygen atoms in total. The SMILES string of the molecule is Cc1nn(Cc2cccs2)cc1CNC(C)(C)C. The van der Waals surface area contributed by atoms with Crippen LogP contribution in [0.15, 0.2) is 23.7 Å². The summed E-state index contributed by atoms with van der Waals surface area (Å²) in [5.41, 5.74) is 2.53. The summed E-state index contributed by atoms with van der Waals surface area (Å²) in [5.74, 6) is 0. The molecule has 98 valence electrons. The zero-order valence-electron chi connectivity index (χ0n) is 11.5. The fraction of sp³-hybridized carbons (Fsp3) is 0.500. The Morgan fingerprint density at radius 1 is 1.39 bits per heavy atom. The van der Waals surface area contributed by atoms with E-state index in [9.17, 15) is 0 Å². The quantitative estimate of drug-likeness (QED) is 0.918. The second-order valence-corrected chi connectivity index (χ2v) is 6.65. The number of nitrogens with one attached hydrogen (secondary N) is 1. The first kappa shape index (κ1) is 13.3. The molecule has 0 spiro atoms. The monoisotopic (exact) mass is 263 g/mol. The van der Waals surface area contributed by atoms with E-state index in [0.717, 1.165) is 18.8 Å². The minimum atomic E-state index is 0.141. The molecule has 0 aliphatic rings. The summed E-state index contributed by atoms with van der Waals surface area (Å²) in [5, 5.41) is 10.2. The number of thiophene rings is 1. The summed E-state index contributed by atoms with van der Waals surface area (Å²) in [6.07, 6.45) is 2.15. The van der Waals surface area contributed by atoms with Crippen LogP contribution in [0.25, 0.3) is 0 Å². The lowest BCUT2D eigenvalue weighted by Gasteiger charge is -2.20. The van der Waals surface area contributed by atoms with E-state index in [1.165, 1.54) is 10.4 Å². The number of rotatable bonds is 4. The van der Waals surface area contributed by atoms with E-state index in [0.29, 0.717) is 0 Å². The van der Waals surface area contributed by atoms with Crippen molar-refractivity contribution in [2.24, 2.45) is 0 Å². The van der Waals surface area contributed by atoms with E-state index >= 15 is 0 Å². The smallest absolute Gasteiger partial charge is 0.0752 e. The van der Waals surface area contributed by atoms with Crippen LogP contribution in [-0.2, 0) is 13.1 Å². The summed E-state index contributed by atoms with van der Waals surface area (Å²) >= 11 is 1.77. The Labute approximate surface area is 113 Å². The van der Waals surface area contributed by atoms with Gasteiger partial charge >= 0.3 is 0 Å². The van der Waals surface area contributed by atoms with E-state index in [1.807, 2.05) is 4.68 Å². The Kier molecular flexibility index (Phi) is 3.88. The van der Waals surface area contributed by atoms with Crippen molar-refractivity contribution in [2.45, 2.75) is 46.3 Å². The lowest BCUT2D eigenvalue weighted by atomic mass is 10.1. The molecule has 2 aromatic rings. The normalized spacial score (nSPS) is 12.0. The van der Waals surface area contributed by atoms with Gasteiger partial charge in [-0.2, -0.15) is 5.10 Å². The van der Waals surface area contributed by atoms with Crippen molar-refractivity contribution in [3.8, 4) is 0 Å². The summed E-state index contributed by atoms with van der Waals surface area (Å²) in [4.78, 5) is 1.34. The molecule has 0 amide bonds.